The normalized spacial score (nSPS) is 61.9. The van der Waals surface area contributed by atoms with Crippen LogP contribution in [0.5, 0.6) is 0 Å². The van der Waals surface area contributed by atoms with E-state index in [1.165, 1.54) is 25.7 Å². The van der Waals surface area contributed by atoms with Gasteiger partial charge in [0.2, 0.25) is 0 Å². The monoisotopic (exact) mass is 222 g/mol. The van der Waals surface area contributed by atoms with Gasteiger partial charge in [0.1, 0.15) is 0 Å². The molecule has 2 heteroatoms. The fourth-order valence-corrected chi connectivity index (χ4v) is 6.38. The molecule has 4 fully saturated rings. The van der Waals surface area contributed by atoms with Crippen LogP contribution in [0.4, 0.5) is 0 Å². The summed E-state index contributed by atoms with van der Waals surface area (Å²) >= 11 is 0. The number of hydrogen-bond acceptors (Lipinski definition) is 2. The summed E-state index contributed by atoms with van der Waals surface area (Å²) in [4.78, 5) is 0. The highest BCUT2D eigenvalue weighted by Gasteiger charge is 2.64. The molecule has 4 aliphatic carbocycles. The Morgan fingerprint density at radius 2 is 1.25 bits per heavy atom. The van der Waals surface area contributed by atoms with Gasteiger partial charge < -0.3 is 10.2 Å². The lowest BCUT2D eigenvalue weighted by atomic mass is 9.64. The highest BCUT2D eigenvalue weighted by atomic mass is 16.3. The lowest BCUT2D eigenvalue weighted by molar-refractivity contribution is 0.00173. The number of rotatable bonds is 2. The van der Waals surface area contributed by atoms with E-state index in [2.05, 4.69) is 0 Å². The maximum absolute atomic E-state index is 9.57. The van der Waals surface area contributed by atoms with Crippen molar-refractivity contribution in [2.75, 3.05) is 13.2 Å². The third-order valence-electron chi connectivity index (χ3n) is 6.65. The summed E-state index contributed by atoms with van der Waals surface area (Å²) in [6.45, 7) is 0.625. The van der Waals surface area contributed by atoms with E-state index < -0.39 is 0 Å². The van der Waals surface area contributed by atoms with E-state index in [4.69, 9.17) is 0 Å². The van der Waals surface area contributed by atoms with Crippen LogP contribution in [0.25, 0.3) is 0 Å². The molecule has 4 aliphatic rings. The molecule has 16 heavy (non-hydrogen) atoms. The molecule has 0 aliphatic heterocycles. The van der Waals surface area contributed by atoms with Crippen LogP contribution in [0.15, 0.2) is 0 Å². The van der Waals surface area contributed by atoms with Gasteiger partial charge >= 0.3 is 0 Å². The minimum absolute atomic E-state index is 0.312. The predicted molar refractivity (Wildman–Crippen MR) is 60.6 cm³/mol. The van der Waals surface area contributed by atoms with Crippen LogP contribution >= 0.6 is 0 Å². The first-order valence-corrected chi connectivity index (χ1v) is 7.07. The fourth-order valence-electron chi connectivity index (χ4n) is 6.38. The summed E-state index contributed by atoms with van der Waals surface area (Å²) in [6.07, 6.45) is 5.70. The SMILES string of the molecule is OCC1C2CC(C3C4CCC(C4)C23)[C@@H]1CO. The summed E-state index contributed by atoms with van der Waals surface area (Å²) in [5.74, 6) is 6.20. The van der Waals surface area contributed by atoms with Gasteiger partial charge in [-0.2, -0.15) is 0 Å². The minimum Gasteiger partial charge on any atom is -0.396 e. The second-order valence-corrected chi connectivity index (χ2v) is 6.74. The highest BCUT2D eigenvalue weighted by molar-refractivity contribution is 5.13. The van der Waals surface area contributed by atoms with Crippen molar-refractivity contribution in [2.24, 2.45) is 47.3 Å². The largest absolute Gasteiger partial charge is 0.396 e. The van der Waals surface area contributed by atoms with Crippen LogP contribution in [0.2, 0.25) is 0 Å². The molecule has 0 saturated heterocycles. The summed E-state index contributed by atoms with van der Waals surface area (Å²) < 4.78 is 0. The molecule has 8 atom stereocenters. The molecule has 2 nitrogen and oxygen atoms in total. The predicted octanol–water partition coefficient (Wildman–Crippen LogP) is 1.52. The molecule has 90 valence electrons. The van der Waals surface area contributed by atoms with Crippen molar-refractivity contribution < 1.29 is 10.2 Å². The summed E-state index contributed by atoms with van der Waals surface area (Å²) in [5.41, 5.74) is 0. The van der Waals surface area contributed by atoms with Crippen molar-refractivity contribution in [1.29, 1.82) is 0 Å². The Hall–Kier alpha value is -0.0800. The second kappa shape index (κ2) is 3.23. The number of aliphatic hydroxyl groups excluding tert-OH is 2. The van der Waals surface area contributed by atoms with E-state index in [1.54, 1.807) is 0 Å². The van der Waals surface area contributed by atoms with Gasteiger partial charge in [0.25, 0.3) is 0 Å². The van der Waals surface area contributed by atoms with E-state index in [0.29, 0.717) is 25.0 Å². The van der Waals surface area contributed by atoms with Crippen molar-refractivity contribution in [2.45, 2.75) is 25.7 Å². The molecule has 2 N–H and O–H groups in total. The number of fused-ring (bicyclic) bond motifs is 9. The Bertz CT molecular complexity index is 275. The van der Waals surface area contributed by atoms with E-state index in [0.717, 1.165) is 35.5 Å². The molecule has 0 heterocycles. The molecule has 4 bridgehead atoms. The molecule has 7 unspecified atom stereocenters. The van der Waals surface area contributed by atoms with Gasteiger partial charge in [-0.1, -0.05) is 0 Å². The van der Waals surface area contributed by atoms with Gasteiger partial charge in [-0.15, -0.1) is 0 Å². The third-order valence-corrected chi connectivity index (χ3v) is 6.65. The van der Waals surface area contributed by atoms with Crippen LogP contribution in [-0.2, 0) is 0 Å². The third kappa shape index (κ3) is 0.971. The van der Waals surface area contributed by atoms with Gasteiger partial charge in [0.05, 0.1) is 0 Å². The van der Waals surface area contributed by atoms with Crippen molar-refractivity contribution in [3.05, 3.63) is 0 Å². The molecule has 0 aromatic rings. The van der Waals surface area contributed by atoms with Crippen molar-refractivity contribution in [3.8, 4) is 0 Å². The number of hydrogen-bond donors (Lipinski definition) is 2. The average Bonchev–Trinajstić information content (AvgIpc) is 3.03. The van der Waals surface area contributed by atoms with Gasteiger partial charge in [-0.25, -0.2) is 0 Å². The molecular weight excluding hydrogens is 200 g/mol. The summed E-state index contributed by atoms with van der Waals surface area (Å²) in [6, 6.07) is 0. The van der Waals surface area contributed by atoms with E-state index in [1.807, 2.05) is 0 Å². The first kappa shape index (κ1) is 9.90. The van der Waals surface area contributed by atoms with Crippen LogP contribution in [0.1, 0.15) is 25.7 Å². The first-order chi connectivity index (χ1) is 7.85. The highest BCUT2D eigenvalue weighted by Crippen LogP contribution is 2.70. The van der Waals surface area contributed by atoms with Crippen molar-refractivity contribution >= 4 is 0 Å². The second-order valence-electron chi connectivity index (χ2n) is 6.74. The van der Waals surface area contributed by atoms with E-state index in [-0.39, 0.29) is 0 Å². The lowest BCUT2D eigenvalue weighted by Crippen LogP contribution is -2.40. The maximum atomic E-state index is 9.57. The van der Waals surface area contributed by atoms with Crippen LogP contribution < -0.4 is 0 Å². The van der Waals surface area contributed by atoms with Gasteiger partial charge in [-0.05, 0) is 73.0 Å². The van der Waals surface area contributed by atoms with Crippen LogP contribution in [-0.4, -0.2) is 23.4 Å². The molecule has 0 aromatic carbocycles. The minimum atomic E-state index is 0.312. The van der Waals surface area contributed by atoms with Crippen LogP contribution in [0.3, 0.4) is 0 Å². The molecule has 4 rings (SSSR count). The van der Waals surface area contributed by atoms with Crippen molar-refractivity contribution in [3.63, 3.8) is 0 Å². The average molecular weight is 222 g/mol. The topological polar surface area (TPSA) is 40.5 Å². The molecular formula is C14H22O2. The summed E-state index contributed by atoms with van der Waals surface area (Å²) in [7, 11) is 0. The molecule has 0 amide bonds. The smallest absolute Gasteiger partial charge is 0.0465 e. The lowest BCUT2D eigenvalue weighted by Gasteiger charge is -2.42. The molecule has 0 aromatic heterocycles. The Balaban J connectivity index is 1.68. The zero-order chi connectivity index (χ0) is 10.9. The maximum Gasteiger partial charge on any atom is 0.0465 e. The van der Waals surface area contributed by atoms with Crippen LogP contribution in [0, 0.1) is 47.3 Å². The zero-order valence-corrected chi connectivity index (χ0v) is 9.76. The molecule has 4 saturated carbocycles. The van der Waals surface area contributed by atoms with Crippen molar-refractivity contribution in [1.82, 2.24) is 0 Å². The Labute approximate surface area is 97.0 Å². The first-order valence-electron chi connectivity index (χ1n) is 7.07. The molecule has 0 radical (unpaired) electrons. The van der Waals surface area contributed by atoms with Gasteiger partial charge in [-0.3, -0.25) is 0 Å². The van der Waals surface area contributed by atoms with E-state index in [9.17, 15) is 10.2 Å². The Morgan fingerprint density at radius 3 is 1.69 bits per heavy atom. The Kier molecular flexibility index (Phi) is 2.00. The fraction of sp³-hybridized carbons (Fsp3) is 1.00. The Morgan fingerprint density at radius 1 is 0.750 bits per heavy atom. The quantitative estimate of drug-likeness (QED) is 0.695. The van der Waals surface area contributed by atoms with Gasteiger partial charge in [0.15, 0.2) is 0 Å². The standard InChI is InChI=1S/C14H22O2/c15-5-11-9-4-10(12(11)6-16)14-8-2-1-7(3-8)13(9)14/h7-16H,1-6H2/t7?,8?,9?,10?,11-,12?,13?,14?/m0/s1. The summed E-state index contributed by atoms with van der Waals surface area (Å²) in [5, 5.41) is 19.1. The van der Waals surface area contributed by atoms with Gasteiger partial charge in [0, 0.05) is 13.2 Å². The van der Waals surface area contributed by atoms with E-state index >= 15 is 0 Å². The number of aliphatic hydroxyl groups is 2. The zero-order valence-electron chi connectivity index (χ0n) is 9.76. The molecule has 0 spiro atoms.